The lowest BCUT2D eigenvalue weighted by Gasteiger charge is -1.96. The zero-order valence-corrected chi connectivity index (χ0v) is 10.4. The van der Waals surface area contributed by atoms with Gasteiger partial charge in [0.05, 0.1) is 5.69 Å². The van der Waals surface area contributed by atoms with E-state index in [0.29, 0.717) is 11.5 Å². The normalized spacial score (nSPS) is 10.5. The van der Waals surface area contributed by atoms with E-state index in [0.717, 1.165) is 10.0 Å². The minimum absolute atomic E-state index is 0.0228. The fourth-order valence-corrected chi connectivity index (χ4v) is 1.74. The van der Waals surface area contributed by atoms with Crippen LogP contribution in [0, 0.1) is 0 Å². The lowest BCUT2D eigenvalue weighted by molar-refractivity contribution is 0.0690. The molecule has 17 heavy (non-hydrogen) atoms. The highest BCUT2D eigenvalue weighted by Gasteiger charge is 2.16. The van der Waals surface area contributed by atoms with E-state index in [1.165, 1.54) is 0 Å². The van der Waals surface area contributed by atoms with Gasteiger partial charge in [0.25, 0.3) is 0 Å². The van der Waals surface area contributed by atoms with Crippen molar-refractivity contribution in [2.45, 2.75) is 6.54 Å². The quantitative estimate of drug-likeness (QED) is 0.807. The van der Waals surface area contributed by atoms with Crippen LogP contribution in [0.2, 0.25) is 0 Å². The SMILES string of the molecule is NCc1[nH]c(-c2ccc(Br)cc2)nc1C(=O)O. The molecule has 0 saturated heterocycles. The second kappa shape index (κ2) is 4.68. The molecule has 0 saturated carbocycles. The summed E-state index contributed by atoms with van der Waals surface area (Å²) in [6.07, 6.45) is 0. The van der Waals surface area contributed by atoms with E-state index < -0.39 is 5.97 Å². The van der Waals surface area contributed by atoms with Crippen LogP contribution in [0.25, 0.3) is 11.4 Å². The van der Waals surface area contributed by atoms with Crippen molar-refractivity contribution in [3.63, 3.8) is 0 Å². The Labute approximate surface area is 106 Å². The molecule has 0 amide bonds. The van der Waals surface area contributed by atoms with Gasteiger partial charge in [-0.25, -0.2) is 9.78 Å². The Bertz CT molecular complexity index is 548. The van der Waals surface area contributed by atoms with Gasteiger partial charge in [0.15, 0.2) is 5.69 Å². The number of aromatic carboxylic acids is 1. The van der Waals surface area contributed by atoms with E-state index in [1.54, 1.807) is 0 Å². The van der Waals surface area contributed by atoms with Crippen LogP contribution in [0.15, 0.2) is 28.7 Å². The number of hydrogen-bond acceptors (Lipinski definition) is 3. The summed E-state index contributed by atoms with van der Waals surface area (Å²) in [5, 5.41) is 8.96. The highest BCUT2D eigenvalue weighted by Crippen LogP contribution is 2.20. The summed E-state index contributed by atoms with van der Waals surface area (Å²) >= 11 is 3.33. The Balaban J connectivity index is 2.46. The van der Waals surface area contributed by atoms with E-state index in [9.17, 15) is 4.79 Å². The third-order valence-corrected chi connectivity index (χ3v) is 2.83. The highest BCUT2D eigenvalue weighted by atomic mass is 79.9. The Morgan fingerprint density at radius 3 is 2.53 bits per heavy atom. The van der Waals surface area contributed by atoms with Gasteiger partial charge in [-0.1, -0.05) is 28.1 Å². The molecule has 0 radical (unpaired) electrons. The molecule has 4 N–H and O–H groups in total. The molecule has 1 heterocycles. The minimum atomic E-state index is -1.08. The van der Waals surface area contributed by atoms with E-state index in [1.807, 2.05) is 24.3 Å². The van der Waals surface area contributed by atoms with Gasteiger partial charge in [-0.3, -0.25) is 0 Å². The van der Waals surface area contributed by atoms with Crippen molar-refractivity contribution in [2.75, 3.05) is 0 Å². The summed E-state index contributed by atoms with van der Waals surface area (Å²) < 4.78 is 0.949. The van der Waals surface area contributed by atoms with Gasteiger partial charge in [-0.2, -0.15) is 0 Å². The number of hydrogen-bond donors (Lipinski definition) is 3. The zero-order valence-electron chi connectivity index (χ0n) is 8.77. The number of halogens is 1. The average Bonchev–Trinajstić information content (AvgIpc) is 2.74. The Hall–Kier alpha value is -1.66. The van der Waals surface area contributed by atoms with Crippen molar-refractivity contribution >= 4 is 21.9 Å². The van der Waals surface area contributed by atoms with Crippen molar-refractivity contribution in [1.82, 2.24) is 9.97 Å². The van der Waals surface area contributed by atoms with Crippen LogP contribution in [0.5, 0.6) is 0 Å². The number of carbonyl (C=O) groups is 1. The van der Waals surface area contributed by atoms with Gasteiger partial charge in [-0.15, -0.1) is 0 Å². The molecule has 0 spiro atoms. The van der Waals surface area contributed by atoms with Gasteiger partial charge in [0.2, 0.25) is 0 Å². The summed E-state index contributed by atoms with van der Waals surface area (Å²) in [5.74, 6) is -0.569. The van der Waals surface area contributed by atoms with Crippen LogP contribution >= 0.6 is 15.9 Å². The molecule has 2 rings (SSSR count). The van der Waals surface area contributed by atoms with Crippen LogP contribution in [-0.4, -0.2) is 21.0 Å². The Morgan fingerprint density at radius 1 is 1.41 bits per heavy atom. The summed E-state index contributed by atoms with van der Waals surface area (Å²) in [6.45, 7) is 0.116. The molecule has 5 nitrogen and oxygen atoms in total. The van der Waals surface area contributed by atoms with Gasteiger partial charge in [-0.05, 0) is 12.1 Å². The summed E-state index contributed by atoms with van der Waals surface area (Å²) in [4.78, 5) is 17.9. The molecule has 0 fully saturated rings. The maximum Gasteiger partial charge on any atom is 0.356 e. The van der Waals surface area contributed by atoms with Crippen LogP contribution in [0.4, 0.5) is 0 Å². The van der Waals surface area contributed by atoms with E-state index >= 15 is 0 Å². The third-order valence-electron chi connectivity index (χ3n) is 2.30. The smallest absolute Gasteiger partial charge is 0.356 e. The molecular formula is C11H10BrN3O2. The highest BCUT2D eigenvalue weighted by molar-refractivity contribution is 9.10. The van der Waals surface area contributed by atoms with Gasteiger partial charge in [0, 0.05) is 16.6 Å². The fraction of sp³-hybridized carbons (Fsp3) is 0.0909. The first-order chi connectivity index (χ1) is 8.11. The molecule has 2 aromatic rings. The van der Waals surface area contributed by atoms with Gasteiger partial charge in [0.1, 0.15) is 5.82 Å². The van der Waals surface area contributed by atoms with Crippen molar-refractivity contribution < 1.29 is 9.90 Å². The number of imidazole rings is 1. The van der Waals surface area contributed by atoms with Gasteiger partial charge >= 0.3 is 5.97 Å². The summed E-state index contributed by atoms with van der Waals surface area (Å²) in [5.41, 5.74) is 6.68. The number of nitrogens with zero attached hydrogens (tertiary/aromatic N) is 1. The van der Waals surface area contributed by atoms with Crippen LogP contribution in [0.3, 0.4) is 0 Å². The van der Waals surface area contributed by atoms with E-state index in [4.69, 9.17) is 10.8 Å². The first-order valence-corrected chi connectivity index (χ1v) is 5.69. The number of carboxylic acid groups (broad SMARTS) is 1. The molecule has 1 aromatic carbocycles. The molecule has 1 aromatic heterocycles. The minimum Gasteiger partial charge on any atom is -0.476 e. The Morgan fingerprint density at radius 2 is 2.06 bits per heavy atom. The third kappa shape index (κ3) is 2.37. The van der Waals surface area contributed by atoms with E-state index in [-0.39, 0.29) is 12.2 Å². The lowest BCUT2D eigenvalue weighted by atomic mass is 10.2. The number of aromatic amines is 1. The molecular weight excluding hydrogens is 286 g/mol. The molecule has 0 unspecified atom stereocenters. The maximum absolute atomic E-state index is 10.9. The van der Waals surface area contributed by atoms with Crippen molar-refractivity contribution in [3.05, 3.63) is 40.1 Å². The second-order valence-electron chi connectivity index (χ2n) is 3.43. The first kappa shape index (κ1) is 11.8. The molecule has 0 aliphatic rings. The first-order valence-electron chi connectivity index (χ1n) is 4.90. The fourth-order valence-electron chi connectivity index (χ4n) is 1.48. The largest absolute Gasteiger partial charge is 0.476 e. The number of nitrogens with two attached hydrogens (primary N) is 1. The molecule has 0 atom stereocenters. The van der Waals surface area contributed by atoms with Crippen LogP contribution in [-0.2, 0) is 6.54 Å². The van der Waals surface area contributed by atoms with Crippen molar-refractivity contribution in [2.24, 2.45) is 5.73 Å². The molecule has 0 bridgehead atoms. The number of carboxylic acids is 1. The molecule has 0 aliphatic heterocycles. The van der Waals surface area contributed by atoms with E-state index in [2.05, 4.69) is 25.9 Å². The van der Waals surface area contributed by atoms with Crippen molar-refractivity contribution in [1.29, 1.82) is 0 Å². The zero-order chi connectivity index (χ0) is 12.4. The maximum atomic E-state index is 10.9. The topological polar surface area (TPSA) is 92.0 Å². The second-order valence-corrected chi connectivity index (χ2v) is 4.34. The Kier molecular flexibility index (Phi) is 3.26. The molecule has 6 heteroatoms. The monoisotopic (exact) mass is 295 g/mol. The number of aromatic nitrogens is 2. The van der Waals surface area contributed by atoms with Gasteiger partial charge < -0.3 is 15.8 Å². The standard InChI is InChI=1S/C11H10BrN3O2/c12-7-3-1-6(2-4-7)10-14-8(5-13)9(15-10)11(16)17/h1-4H,5,13H2,(H,14,15)(H,16,17). The number of benzene rings is 1. The number of H-pyrrole nitrogens is 1. The average molecular weight is 296 g/mol. The lowest BCUT2D eigenvalue weighted by Crippen LogP contribution is -2.06. The predicted molar refractivity (Wildman–Crippen MR) is 66.6 cm³/mol. The summed E-state index contributed by atoms with van der Waals surface area (Å²) in [6, 6.07) is 7.41. The summed E-state index contributed by atoms with van der Waals surface area (Å²) in [7, 11) is 0. The molecule has 0 aliphatic carbocycles. The number of rotatable bonds is 3. The number of nitrogens with one attached hydrogen (secondary N) is 1. The molecule has 88 valence electrons. The van der Waals surface area contributed by atoms with Crippen LogP contribution in [0.1, 0.15) is 16.2 Å². The predicted octanol–water partition coefficient (Wildman–Crippen LogP) is 2.00. The van der Waals surface area contributed by atoms with Crippen molar-refractivity contribution in [3.8, 4) is 11.4 Å². The van der Waals surface area contributed by atoms with Crippen LogP contribution < -0.4 is 5.73 Å².